The van der Waals surface area contributed by atoms with Crippen molar-refractivity contribution in [1.82, 2.24) is 20.0 Å². The van der Waals surface area contributed by atoms with Gasteiger partial charge in [-0.25, -0.2) is 4.68 Å². The molecule has 1 fully saturated rings. The molecule has 0 aliphatic carbocycles. The van der Waals surface area contributed by atoms with Crippen LogP contribution in [0.15, 0.2) is 69.0 Å². The van der Waals surface area contributed by atoms with Gasteiger partial charge in [0.25, 0.3) is 16.7 Å². The lowest BCUT2D eigenvalue weighted by molar-refractivity contribution is 0.128. The van der Waals surface area contributed by atoms with Crippen LogP contribution in [0.5, 0.6) is 0 Å². The third-order valence-electron chi connectivity index (χ3n) is 5.07. The highest BCUT2D eigenvalue weighted by molar-refractivity contribution is 7.99. The maximum absolute atomic E-state index is 13.0. The van der Waals surface area contributed by atoms with Gasteiger partial charge in [-0.1, -0.05) is 60.3 Å². The molecule has 0 amide bonds. The van der Waals surface area contributed by atoms with Crippen molar-refractivity contribution in [2.75, 3.05) is 12.4 Å². The van der Waals surface area contributed by atoms with E-state index in [-0.39, 0.29) is 11.7 Å². The Kier molecular flexibility index (Phi) is 5.33. The molecule has 2 aromatic carbocycles. The van der Waals surface area contributed by atoms with Crippen LogP contribution in [0.3, 0.4) is 0 Å². The standard InChI is InChI=1S/C22H20N4O3S/c27-21-18-11-5-4-10-17(18)19(25-26(21)13-15-7-2-1-3-8-15)20-23-24-22(29-20)30-14-16-9-6-12-28-16/h1-5,7-8,10-11,16H,6,9,12-14H2/t16-/m0/s1. The first-order valence-corrected chi connectivity index (χ1v) is 10.9. The summed E-state index contributed by atoms with van der Waals surface area (Å²) in [5, 5.41) is 14.7. The predicted molar refractivity (Wildman–Crippen MR) is 115 cm³/mol. The maximum atomic E-state index is 13.0. The zero-order chi connectivity index (χ0) is 20.3. The maximum Gasteiger partial charge on any atom is 0.277 e. The highest BCUT2D eigenvalue weighted by Crippen LogP contribution is 2.28. The molecular formula is C22H20N4O3S. The van der Waals surface area contributed by atoms with E-state index in [1.54, 1.807) is 6.07 Å². The molecule has 3 heterocycles. The van der Waals surface area contributed by atoms with E-state index in [1.165, 1.54) is 16.4 Å². The summed E-state index contributed by atoms with van der Waals surface area (Å²) in [6, 6.07) is 17.1. The van der Waals surface area contributed by atoms with E-state index in [2.05, 4.69) is 15.3 Å². The fourth-order valence-electron chi connectivity index (χ4n) is 3.56. The third kappa shape index (κ3) is 3.88. The van der Waals surface area contributed by atoms with Crippen molar-refractivity contribution in [1.29, 1.82) is 0 Å². The largest absolute Gasteiger partial charge is 0.410 e. The van der Waals surface area contributed by atoms with Gasteiger partial charge in [0, 0.05) is 17.7 Å². The first-order valence-electron chi connectivity index (χ1n) is 9.90. The SMILES string of the molecule is O=c1c2ccccc2c(-c2nnc(SC[C@@H]3CCCO3)o2)nn1Cc1ccccc1. The smallest absolute Gasteiger partial charge is 0.277 e. The zero-order valence-electron chi connectivity index (χ0n) is 16.2. The van der Waals surface area contributed by atoms with Crippen LogP contribution in [0.2, 0.25) is 0 Å². The molecule has 5 rings (SSSR count). The quantitative estimate of drug-likeness (QED) is 0.439. The van der Waals surface area contributed by atoms with Crippen LogP contribution in [0.25, 0.3) is 22.4 Å². The Morgan fingerprint density at radius 3 is 2.63 bits per heavy atom. The molecule has 1 saturated heterocycles. The lowest BCUT2D eigenvalue weighted by Gasteiger charge is -2.09. The number of benzene rings is 2. The number of rotatable bonds is 6. The van der Waals surface area contributed by atoms with Gasteiger partial charge in [0.1, 0.15) is 0 Å². The summed E-state index contributed by atoms with van der Waals surface area (Å²) in [4.78, 5) is 13.0. The van der Waals surface area contributed by atoms with Crippen molar-refractivity contribution in [2.24, 2.45) is 0 Å². The minimum Gasteiger partial charge on any atom is -0.410 e. The highest BCUT2D eigenvalue weighted by atomic mass is 32.2. The van der Waals surface area contributed by atoms with Gasteiger partial charge in [0.05, 0.1) is 18.0 Å². The number of fused-ring (bicyclic) bond motifs is 1. The summed E-state index contributed by atoms with van der Waals surface area (Å²) in [5.74, 6) is 1.09. The molecule has 0 unspecified atom stereocenters. The van der Waals surface area contributed by atoms with Gasteiger partial charge < -0.3 is 9.15 Å². The second-order valence-electron chi connectivity index (χ2n) is 7.16. The van der Waals surface area contributed by atoms with E-state index in [0.29, 0.717) is 34.1 Å². The molecule has 4 aromatic rings. The van der Waals surface area contributed by atoms with Crippen LogP contribution < -0.4 is 5.56 Å². The van der Waals surface area contributed by atoms with Gasteiger partial charge in [0.15, 0.2) is 5.69 Å². The molecule has 1 aliphatic rings. The van der Waals surface area contributed by atoms with Crippen LogP contribution >= 0.6 is 11.8 Å². The number of thioether (sulfide) groups is 1. The molecule has 8 heteroatoms. The van der Waals surface area contributed by atoms with Gasteiger partial charge >= 0.3 is 0 Å². The molecule has 7 nitrogen and oxygen atoms in total. The van der Waals surface area contributed by atoms with Crippen molar-refractivity contribution < 1.29 is 9.15 Å². The molecule has 0 spiro atoms. The monoisotopic (exact) mass is 420 g/mol. The topological polar surface area (TPSA) is 83.0 Å². The lowest BCUT2D eigenvalue weighted by atomic mass is 10.1. The summed E-state index contributed by atoms with van der Waals surface area (Å²) in [7, 11) is 0. The molecule has 0 N–H and O–H groups in total. The summed E-state index contributed by atoms with van der Waals surface area (Å²) in [5.41, 5.74) is 1.36. The van der Waals surface area contributed by atoms with Gasteiger partial charge in [0.2, 0.25) is 0 Å². The number of aromatic nitrogens is 4. The van der Waals surface area contributed by atoms with Gasteiger partial charge in [-0.3, -0.25) is 4.79 Å². The fraction of sp³-hybridized carbons (Fsp3) is 0.273. The predicted octanol–water partition coefficient (Wildman–Crippen LogP) is 3.77. The molecule has 152 valence electrons. The first kappa shape index (κ1) is 19.0. The Hall–Kier alpha value is -2.97. The van der Waals surface area contributed by atoms with Crippen molar-refractivity contribution in [2.45, 2.75) is 30.7 Å². The summed E-state index contributed by atoms with van der Waals surface area (Å²) < 4.78 is 13.0. The molecule has 2 aromatic heterocycles. The normalized spacial score (nSPS) is 16.3. The van der Waals surface area contributed by atoms with Crippen LogP contribution in [-0.4, -0.2) is 38.4 Å². The fourth-order valence-corrected chi connectivity index (χ4v) is 4.39. The van der Waals surface area contributed by atoms with E-state index >= 15 is 0 Å². The van der Waals surface area contributed by atoms with Crippen molar-refractivity contribution in [3.05, 3.63) is 70.5 Å². The molecule has 1 aliphatic heterocycles. The third-order valence-corrected chi connectivity index (χ3v) is 6.02. The highest BCUT2D eigenvalue weighted by Gasteiger charge is 2.20. The summed E-state index contributed by atoms with van der Waals surface area (Å²) >= 11 is 1.49. The zero-order valence-corrected chi connectivity index (χ0v) is 17.0. The Morgan fingerprint density at radius 2 is 1.83 bits per heavy atom. The molecule has 0 saturated carbocycles. The van der Waals surface area contributed by atoms with Gasteiger partial charge in [-0.2, -0.15) is 5.10 Å². The number of hydrogen-bond donors (Lipinski definition) is 0. The van der Waals surface area contributed by atoms with Crippen LogP contribution in [0.4, 0.5) is 0 Å². The number of hydrogen-bond acceptors (Lipinski definition) is 7. The second kappa shape index (κ2) is 8.41. The van der Waals surface area contributed by atoms with E-state index in [4.69, 9.17) is 9.15 Å². The number of ether oxygens (including phenoxy) is 1. The van der Waals surface area contributed by atoms with Gasteiger partial charge in [-0.15, -0.1) is 10.2 Å². The van der Waals surface area contributed by atoms with Crippen molar-refractivity contribution >= 4 is 22.5 Å². The summed E-state index contributed by atoms with van der Waals surface area (Å²) in [6.07, 6.45) is 2.39. The van der Waals surface area contributed by atoms with Crippen molar-refractivity contribution in [3.63, 3.8) is 0 Å². The molecule has 0 bridgehead atoms. The van der Waals surface area contributed by atoms with Crippen LogP contribution in [0, 0.1) is 0 Å². The van der Waals surface area contributed by atoms with Crippen molar-refractivity contribution in [3.8, 4) is 11.6 Å². The Labute approximate surface area is 177 Å². The molecular weight excluding hydrogens is 400 g/mol. The minimum atomic E-state index is -0.148. The van der Waals surface area contributed by atoms with E-state index in [1.807, 2.05) is 48.5 Å². The average Bonchev–Trinajstić information content (AvgIpc) is 3.47. The first-order chi connectivity index (χ1) is 14.8. The second-order valence-corrected chi connectivity index (χ2v) is 8.13. The number of nitrogens with zero attached hydrogens (tertiary/aromatic N) is 4. The summed E-state index contributed by atoms with van der Waals surface area (Å²) in [6.45, 7) is 1.19. The van der Waals surface area contributed by atoms with E-state index < -0.39 is 0 Å². The molecule has 0 radical (unpaired) electrons. The lowest BCUT2D eigenvalue weighted by Crippen LogP contribution is -2.24. The minimum absolute atomic E-state index is 0.148. The van der Waals surface area contributed by atoms with E-state index in [0.717, 1.165) is 30.8 Å². The van der Waals surface area contributed by atoms with Crippen LogP contribution in [-0.2, 0) is 11.3 Å². The Bertz CT molecular complexity index is 1220. The van der Waals surface area contributed by atoms with E-state index in [9.17, 15) is 4.79 Å². The van der Waals surface area contributed by atoms with Gasteiger partial charge in [-0.05, 0) is 24.5 Å². The van der Waals surface area contributed by atoms with Crippen LogP contribution in [0.1, 0.15) is 18.4 Å². The molecule has 30 heavy (non-hydrogen) atoms. The Balaban J connectivity index is 1.50. The molecule has 1 atom stereocenters. The average molecular weight is 420 g/mol. The Morgan fingerprint density at radius 1 is 1.03 bits per heavy atom.